The quantitative estimate of drug-likeness (QED) is 0.145. The van der Waals surface area contributed by atoms with Crippen LogP contribution in [0.3, 0.4) is 0 Å². The topological polar surface area (TPSA) is 158 Å². The third kappa shape index (κ3) is 6.09. The number of benzene rings is 3. The zero-order chi connectivity index (χ0) is 27.3. The van der Waals surface area contributed by atoms with Crippen molar-refractivity contribution in [3.05, 3.63) is 95.5 Å². The summed E-state index contributed by atoms with van der Waals surface area (Å²) in [7, 11) is 1.34. The Hall–Kier alpha value is -4.76. The molecule has 37 heavy (non-hydrogen) atoms. The van der Waals surface area contributed by atoms with Crippen molar-refractivity contribution in [1.29, 1.82) is 5.26 Å². The van der Waals surface area contributed by atoms with E-state index in [0.29, 0.717) is 11.3 Å². The van der Waals surface area contributed by atoms with E-state index in [0.717, 1.165) is 29.3 Å². The number of rotatable bonds is 8. The maximum absolute atomic E-state index is 12.8. The highest BCUT2D eigenvalue weighted by Crippen LogP contribution is 2.43. The average Bonchev–Trinajstić information content (AvgIpc) is 2.85. The largest absolute Gasteiger partial charge is 0.493 e. The molecular weight excluding hydrogens is 548 g/mol. The van der Waals surface area contributed by atoms with Gasteiger partial charge >= 0.3 is 5.69 Å². The Morgan fingerprint density at radius 1 is 1.05 bits per heavy atom. The van der Waals surface area contributed by atoms with Crippen LogP contribution in [-0.2, 0) is 4.79 Å². The first-order valence-electron chi connectivity index (χ1n) is 10.5. The van der Waals surface area contributed by atoms with Gasteiger partial charge in [0.25, 0.3) is 11.6 Å². The number of hydrogen-bond donors (Lipinski definition) is 1. The van der Waals surface area contributed by atoms with Gasteiger partial charge in [0.15, 0.2) is 11.5 Å². The van der Waals surface area contributed by atoms with Gasteiger partial charge in [-0.2, -0.15) is 5.26 Å². The van der Waals surface area contributed by atoms with Crippen LogP contribution in [-0.4, -0.2) is 22.9 Å². The molecule has 0 saturated heterocycles. The number of carbonyl (C=O) groups is 1. The van der Waals surface area contributed by atoms with Gasteiger partial charge < -0.3 is 14.8 Å². The molecule has 0 fully saturated rings. The molecule has 0 heterocycles. The highest BCUT2D eigenvalue weighted by atomic mass is 79.9. The van der Waals surface area contributed by atoms with Gasteiger partial charge in [0.1, 0.15) is 11.6 Å². The van der Waals surface area contributed by atoms with Crippen LogP contribution in [0.5, 0.6) is 17.2 Å². The van der Waals surface area contributed by atoms with Crippen LogP contribution in [0.2, 0.25) is 0 Å². The van der Waals surface area contributed by atoms with E-state index in [9.17, 15) is 30.3 Å². The van der Waals surface area contributed by atoms with Crippen LogP contribution < -0.4 is 14.8 Å². The number of nitro groups is 2. The summed E-state index contributed by atoms with van der Waals surface area (Å²) in [5.41, 5.74) is 1.46. The number of nitrogens with zero attached hydrogens (tertiary/aromatic N) is 3. The predicted octanol–water partition coefficient (Wildman–Crippen LogP) is 6.23. The first-order valence-corrected chi connectivity index (χ1v) is 11.3. The van der Waals surface area contributed by atoms with Crippen molar-refractivity contribution in [2.24, 2.45) is 0 Å². The lowest BCUT2D eigenvalue weighted by atomic mass is 10.1. The second-order valence-electron chi connectivity index (χ2n) is 7.69. The van der Waals surface area contributed by atoms with Crippen molar-refractivity contribution in [2.75, 3.05) is 12.4 Å². The minimum Gasteiger partial charge on any atom is -0.493 e. The number of methoxy groups -OCH3 is 1. The summed E-state index contributed by atoms with van der Waals surface area (Å²) in [6.07, 6.45) is 1.36. The van der Waals surface area contributed by atoms with E-state index in [1.165, 1.54) is 25.3 Å². The van der Waals surface area contributed by atoms with E-state index in [1.54, 1.807) is 0 Å². The summed E-state index contributed by atoms with van der Waals surface area (Å²) in [5, 5.41) is 34.8. The van der Waals surface area contributed by atoms with Crippen molar-refractivity contribution >= 4 is 45.0 Å². The number of halogens is 1. The van der Waals surface area contributed by atoms with Crippen LogP contribution in [0.15, 0.2) is 58.6 Å². The summed E-state index contributed by atoms with van der Waals surface area (Å²) in [6.45, 7) is 3.68. The van der Waals surface area contributed by atoms with E-state index in [2.05, 4.69) is 21.2 Å². The monoisotopic (exact) mass is 566 g/mol. The fraction of sp³-hybridized carbons (Fsp3) is 0.120. The third-order valence-electron chi connectivity index (χ3n) is 5.21. The average molecular weight is 567 g/mol. The molecule has 3 aromatic carbocycles. The van der Waals surface area contributed by atoms with Crippen LogP contribution in [0, 0.1) is 45.4 Å². The number of aryl methyl sites for hydroxylation is 2. The molecule has 188 valence electrons. The second-order valence-corrected chi connectivity index (χ2v) is 8.55. The molecule has 3 rings (SSSR count). The Labute approximate surface area is 219 Å². The maximum Gasteiger partial charge on any atom is 0.318 e. The van der Waals surface area contributed by atoms with Gasteiger partial charge in [0.2, 0.25) is 5.75 Å². The lowest BCUT2D eigenvalue weighted by Crippen LogP contribution is -2.15. The molecule has 0 spiro atoms. The number of nitro benzene ring substituents is 2. The molecule has 12 heteroatoms. The molecule has 0 aromatic heterocycles. The summed E-state index contributed by atoms with van der Waals surface area (Å²) in [6, 6.07) is 13.4. The number of para-hydroxylation sites is 1. The number of anilines is 1. The van der Waals surface area contributed by atoms with Crippen molar-refractivity contribution in [1.82, 2.24) is 0 Å². The number of amides is 1. The van der Waals surface area contributed by atoms with Crippen LogP contribution in [0.1, 0.15) is 16.7 Å². The SMILES string of the molecule is COc1cc(/C=C(/C#N)C(=O)Nc2c(C)cccc2C)cc(Br)c1Oc1ccc([N+](=O)[O-])cc1[N+](=O)[O-]. The van der Waals surface area contributed by atoms with Gasteiger partial charge in [0.05, 0.1) is 27.5 Å². The highest BCUT2D eigenvalue weighted by molar-refractivity contribution is 9.10. The smallest absolute Gasteiger partial charge is 0.318 e. The summed E-state index contributed by atoms with van der Waals surface area (Å²) in [5.74, 6) is -0.670. The van der Waals surface area contributed by atoms with E-state index < -0.39 is 27.1 Å². The second kappa shape index (κ2) is 11.3. The highest BCUT2D eigenvalue weighted by Gasteiger charge is 2.23. The molecule has 0 aliphatic heterocycles. The van der Waals surface area contributed by atoms with Crippen LogP contribution >= 0.6 is 15.9 Å². The molecule has 0 radical (unpaired) electrons. The molecule has 1 amide bonds. The molecule has 3 aromatic rings. The van der Waals surface area contributed by atoms with E-state index in [4.69, 9.17) is 9.47 Å². The Kier molecular flexibility index (Phi) is 8.21. The van der Waals surface area contributed by atoms with Gasteiger partial charge in [-0.15, -0.1) is 0 Å². The first kappa shape index (κ1) is 26.8. The van der Waals surface area contributed by atoms with Gasteiger partial charge in [0, 0.05) is 11.8 Å². The maximum atomic E-state index is 12.8. The lowest BCUT2D eigenvalue weighted by molar-refractivity contribution is -0.394. The minimum atomic E-state index is -0.798. The standard InChI is InChI=1S/C25H19BrN4O7/c1-14-5-4-6-15(2)23(14)28-25(31)17(13-27)9-16-10-19(26)24(22(11-16)36-3)37-21-8-7-18(29(32)33)12-20(21)30(34)35/h4-12H,1-3H3,(H,28,31)/b17-9-. The molecule has 0 bridgehead atoms. The fourth-order valence-electron chi connectivity index (χ4n) is 3.39. The number of ether oxygens (including phenoxy) is 2. The van der Waals surface area contributed by atoms with Gasteiger partial charge in [-0.25, -0.2) is 0 Å². The Morgan fingerprint density at radius 3 is 2.30 bits per heavy atom. The third-order valence-corrected chi connectivity index (χ3v) is 5.80. The van der Waals surface area contributed by atoms with Gasteiger partial charge in [-0.1, -0.05) is 18.2 Å². The zero-order valence-electron chi connectivity index (χ0n) is 19.8. The number of hydrogen-bond acceptors (Lipinski definition) is 8. The van der Waals surface area contributed by atoms with Gasteiger partial charge in [-0.05, 0) is 70.7 Å². The van der Waals surface area contributed by atoms with Crippen molar-refractivity contribution in [3.8, 4) is 23.3 Å². The number of non-ortho nitro benzene ring substituents is 1. The van der Waals surface area contributed by atoms with E-state index >= 15 is 0 Å². The summed E-state index contributed by atoms with van der Waals surface area (Å²) in [4.78, 5) is 33.7. The van der Waals surface area contributed by atoms with Crippen LogP contribution in [0.25, 0.3) is 6.08 Å². The zero-order valence-corrected chi connectivity index (χ0v) is 21.4. The molecule has 0 saturated carbocycles. The Bertz CT molecular complexity index is 1470. The fourth-order valence-corrected chi connectivity index (χ4v) is 3.93. The van der Waals surface area contributed by atoms with Crippen molar-refractivity contribution < 1.29 is 24.1 Å². The molecule has 0 aliphatic carbocycles. The first-order chi connectivity index (χ1) is 17.5. The van der Waals surface area contributed by atoms with Crippen molar-refractivity contribution in [2.45, 2.75) is 13.8 Å². The number of nitrogens with one attached hydrogen (secondary N) is 1. The Morgan fingerprint density at radius 2 is 1.73 bits per heavy atom. The normalized spacial score (nSPS) is 10.8. The van der Waals surface area contributed by atoms with Crippen LogP contribution in [0.4, 0.5) is 17.1 Å². The molecule has 1 N–H and O–H groups in total. The Balaban J connectivity index is 1.97. The number of nitriles is 1. The predicted molar refractivity (Wildman–Crippen MR) is 139 cm³/mol. The molecular formula is C25H19BrN4O7. The lowest BCUT2D eigenvalue weighted by Gasteiger charge is -2.14. The molecule has 11 nitrogen and oxygen atoms in total. The van der Waals surface area contributed by atoms with Gasteiger partial charge in [-0.3, -0.25) is 25.0 Å². The molecule has 0 atom stereocenters. The van der Waals surface area contributed by atoms with Crippen molar-refractivity contribution in [3.63, 3.8) is 0 Å². The minimum absolute atomic E-state index is 0.0510. The van der Waals surface area contributed by atoms with E-state index in [1.807, 2.05) is 38.1 Å². The molecule has 0 aliphatic rings. The molecule has 0 unspecified atom stereocenters. The summed E-state index contributed by atoms with van der Waals surface area (Å²) < 4.78 is 11.3. The van der Waals surface area contributed by atoms with E-state index in [-0.39, 0.29) is 27.3 Å². The summed E-state index contributed by atoms with van der Waals surface area (Å²) >= 11 is 3.32. The number of carbonyl (C=O) groups excluding carboxylic acids is 1.